The van der Waals surface area contributed by atoms with Crippen molar-refractivity contribution in [1.29, 1.82) is 0 Å². The molecule has 2 aromatic rings. The number of carbonyl (C=O) groups is 1. The van der Waals surface area contributed by atoms with Gasteiger partial charge in [-0.1, -0.05) is 23.9 Å². The summed E-state index contributed by atoms with van der Waals surface area (Å²) in [7, 11) is 0. The van der Waals surface area contributed by atoms with Crippen LogP contribution in [0.25, 0.3) is 0 Å². The number of rotatable bonds is 4. The molecule has 1 aromatic carbocycles. The van der Waals surface area contributed by atoms with Gasteiger partial charge in [0.15, 0.2) is 5.16 Å². The molecule has 6 heteroatoms. The van der Waals surface area contributed by atoms with Crippen molar-refractivity contribution < 1.29 is 4.79 Å². The van der Waals surface area contributed by atoms with Gasteiger partial charge in [-0.25, -0.2) is 9.97 Å². The third-order valence-electron chi connectivity index (χ3n) is 4.29. The van der Waals surface area contributed by atoms with E-state index in [1.807, 2.05) is 24.8 Å². The molecular formula is C19H24N4OS. The van der Waals surface area contributed by atoms with Crippen LogP contribution in [0.15, 0.2) is 35.5 Å². The molecule has 1 aliphatic heterocycles. The van der Waals surface area contributed by atoms with Crippen molar-refractivity contribution in [2.75, 3.05) is 36.8 Å². The van der Waals surface area contributed by atoms with Gasteiger partial charge in [0.05, 0.1) is 5.75 Å². The summed E-state index contributed by atoms with van der Waals surface area (Å²) in [6, 6.07) is 10.5. The number of carbonyl (C=O) groups excluding carboxylic acids is 1. The molecule has 1 aromatic heterocycles. The van der Waals surface area contributed by atoms with Crippen LogP contribution in [0.1, 0.15) is 17.0 Å². The fourth-order valence-electron chi connectivity index (χ4n) is 3.01. The lowest BCUT2D eigenvalue weighted by molar-refractivity contribution is -0.128. The van der Waals surface area contributed by atoms with Crippen molar-refractivity contribution in [2.24, 2.45) is 0 Å². The van der Waals surface area contributed by atoms with Crippen LogP contribution >= 0.6 is 11.8 Å². The lowest BCUT2D eigenvalue weighted by Crippen LogP contribution is -2.49. The fraction of sp³-hybridized carbons (Fsp3) is 0.421. The number of benzene rings is 1. The average molecular weight is 356 g/mol. The summed E-state index contributed by atoms with van der Waals surface area (Å²) in [6.45, 7) is 9.29. The van der Waals surface area contributed by atoms with E-state index in [-0.39, 0.29) is 5.91 Å². The first-order valence-corrected chi connectivity index (χ1v) is 9.54. The predicted octanol–water partition coefficient (Wildman–Crippen LogP) is 2.84. The van der Waals surface area contributed by atoms with Gasteiger partial charge >= 0.3 is 0 Å². The number of aromatic nitrogens is 2. The molecule has 1 aliphatic rings. The van der Waals surface area contributed by atoms with E-state index in [1.165, 1.54) is 23.0 Å². The summed E-state index contributed by atoms with van der Waals surface area (Å²) in [6.07, 6.45) is 0. The molecule has 2 heterocycles. The highest BCUT2D eigenvalue weighted by molar-refractivity contribution is 7.99. The van der Waals surface area contributed by atoms with Gasteiger partial charge in [0, 0.05) is 43.3 Å². The third kappa shape index (κ3) is 4.72. The molecule has 0 spiro atoms. The Morgan fingerprint density at radius 1 is 1.04 bits per heavy atom. The highest BCUT2D eigenvalue weighted by Crippen LogP contribution is 2.19. The molecule has 1 fully saturated rings. The first-order valence-electron chi connectivity index (χ1n) is 8.56. The second-order valence-corrected chi connectivity index (χ2v) is 7.37. The van der Waals surface area contributed by atoms with Crippen molar-refractivity contribution in [3.8, 4) is 0 Å². The van der Waals surface area contributed by atoms with Crippen molar-refractivity contribution in [2.45, 2.75) is 25.9 Å². The van der Waals surface area contributed by atoms with Gasteiger partial charge in [0.1, 0.15) is 0 Å². The lowest BCUT2D eigenvalue weighted by Gasteiger charge is -2.36. The highest BCUT2D eigenvalue weighted by Gasteiger charge is 2.21. The number of hydrogen-bond acceptors (Lipinski definition) is 5. The summed E-state index contributed by atoms with van der Waals surface area (Å²) >= 11 is 1.42. The summed E-state index contributed by atoms with van der Waals surface area (Å²) in [4.78, 5) is 25.5. The Balaban J connectivity index is 1.51. The van der Waals surface area contributed by atoms with Gasteiger partial charge in [0.2, 0.25) is 5.91 Å². The molecule has 0 N–H and O–H groups in total. The molecule has 1 amide bonds. The quantitative estimate of drug-likeness (QED) is 0.623. The third-order valence-corrected chi connectivity index (χ3v) is 5.12. The van der Waals surface area contributed by atoms with Crippen molar-refractivity contribution in [3.63, 3.8) is 0 Å². The Labute approximate surface area is 153 Å². The van der Waals surface area contributed by atoms with E-state index in [2.05, 4.69) is 46.1 Å². The Hall–Kier alpha value is -2.08. The molecule has 1 saturated heterocycles. The molecule has 0 saturated carbocycles. The van der Waals surface area contributed by atoms with Gasteiger partial charge in [-0.3, -0.25) is 4.79 Å². The molecule has 3 rings (SSSR count). The maximum atomic E-state index is 12.5. The van der Waals surface area contributed by atoms with Gasteiger partial charge in [-0.05, 0) is 44.5 Å². The van der Waals surface area contributed by atoms with E-state index in [0.29, 0.717) is 10.9 Å². The van der Waals surface area contributed by atoms with Gasteiger partial charge in [0.25, 0.3) is 0 Å². The predicted molar refractivity (Wildman–Crippen MR) is 102 cm³/mol. The minimum atomic E-state index is 0.164. The maximum Gasteiger partial charge on any atom is 0.233 e. The molecule has 0 aliphatic carbocycles. The number of aryl methyl sites for hydroxylation is 3. The number of thioether (sulfide) groups is 1. The zero-order valence-electron chi connectivity index (χ0n) is 15.0. The van der Waals surface area contributed by atoms with Crippen LogP contribution in [0.4, 0.5) is 5.69 Å². The normalized spacial score (nSPS) is 14.7. The van der Waals surface area contributed by atoms with Crippen molar-refractivity contribution >= 4 is 23.4 Å². The zero-order valence-corrected chi connectivity index (χ0v) is 15.8. The Kier molecular flexibility index (Phi) is 5.58. The second-order valence-electron chi connectivity index (χ2n) is 6.43. The van der Waals surface area contributed by atoms with Crippen LogP contribution in [-0.4, -0.2) is 52.7 Å². The molecule has 132 valence electrons. The summed E-state index contributed by atoms with van der Waals surface area (Å²) < 4.78 is 0. The van der Waals surface area contributed by atoms with E-state index in [0.717, 1.165) is 37.6 Å². The monoisotopic (exact) mass is 356 g/mol. The zero-order chi connectivity index (χ0) is 17.8. The molecule has 0 atom stereocenters. The Morgan fingerprint density at radius 3 is 2.36 bits per heavy atom. The largest absolute Gasteiger partial charge is 0.368 e. The Bertz CT molecular complexity index is 737. The molecule has 0 unspecified atom stereocenters. The Morgan fingerprint density at radius 2 is 1.72 bits per heavy atom. The van der Waals surface area contributed by atoms with Crippen LogP contribution in [0.2, 0.25) is 0 Å². The van der Waals surface area contributed by atoms with E-state index >= 15 is 0 Å². The van der Waals surface area contributed by atoms with Crippen LogP contribution in [0, 0.1) is 20.8 Å². The summed E-state index contributed by atoms with van der Waals surface area (Å²) in [5.41, 5.74) is 4.38. The van der Waals surface area contributed by atoms with E-state index in [1.54, 1.807) is 0 Å². The molecular weight excluding hydrogens is 332 g/mol. The highest BCUT2D eigenvalue weighted by atomic mass is 32.2. The number of anilines is 1. The summed E-state index contributed by atoms with van der Waals surface area (Å²) in [5.74, 6) is 0.560. The molecule has 5 nitrogen and oxygen atoms in total. The van der Waals surface area contributed by atoms with Crippen LogP contribution in [0.3, 0.4) is 0 Å². The van der Waals surface area contributed by atoms with E-state index in [9.17, 15) is 4.79 Å². The number of amides is 1. The number of hydrogen-bond donors (Lipinski definition) is 0. The van der Waals surface area contributed by atoms with E-state index in [4.69, 9.17) is 0 Å². The van der Waals surface area contributed by atoms with Gasteiger partial charge in [-0.2, -0.15) is 0 Å². The fourth-order valence-corrected chi connectivity index (χ4v) is 3.87. The first kappa shape index (κ1) is 17.7. The van der Waals surface area contributed by atoms with Crippen molar-refractivity contribution in [1.82, 2.24) is 14.9 Å². The number of nitrogens with zero attached hydrogens (tertiary/aromatic N) is 4. The second kappa shape index (κ2) is 7.87. The van der Waals surface area contributed by atoms with Gasteiger partial charge in [-0.15, -0.1) is 0 Å². The van der Waals surface area contributed by atoms with E-state index < -0.39 is 0 Å². The molecule has 0 bridgehead atoms. The van der Waals surface area contributed by atoms with Crippen molar-refractivity contribution in [3.05, 3.63) is 47.3 Å². The van der Waals surface area contributed by atoms with Crippen LogP contribution in [-0.2, 0) is 4.79 Å². The van der Waals surface area contributed by atoms with Crippen LogP contribution < -0.4 is 4.90 Å². The lowest BCUT2D eigenvalue weighted by atomic mass is 10.2. The topological polar surface area (TPSA) is 49.3 Å². The minimum Gasteiger partial charge on any atom is -0.368 e. The smallest absolute Gasteiger partial charge is 0.233 e. The first-order chi connectivity index (χ1) is 12.0. The van der Waals surface area contributed by atoms with Gasteiger partial charge < -0.3 is 9.80 Å². The molecule has 25 heavy (non-hydrogen) atoms. The number of piperazine rings is 1. The SMILES string of the molecule is Cc1cccc(N2CCN(C(=O)CSc3nc(C)cc(C)n3)CC2)c1. The minimum absolute atomic E-state index is 0.164. The molecule has 0 radical (unpaired) electrons. The maximum absolute atomic E-state index is 12.5. The summed E-state index contributed by atoms with van der Waals surface area (Å²) in [5, 5.41) is 0.684. The van der Waals surface area contributed by atoms with Crippen LogP contribution in [0.5, 0.6) is 0 Å². The standard InChI is InChI=1S/C19H24N4OS/c1-14-5-4-6-17(11-14)22-7-9-23(10-8-22)18(24)13-25-19-20-15(2)12-16(3)21-19/h4-6,11-12H,7-10,13H2,1-3H3. The average Bonchev–Trinajstić information content (AvgIpc) is 2.59.